The molecular formula is C14H21N5O4. The molecule has 0 radical (unpaired) electrons. The SMILES string of the molecule is Cc1cc([C@@]2(CNC(=O)OC(C)(C)C)NC(=O)NC2=O)n(C)n1. The van der Waals surface area contributed by atoms with Crippen LogP contribution in [-0.2, 0) is 22.1 Å². The lowest BCUT2D eigenvalue weighted by Gasteiger charge is -2.27. The first-order chi connectivity index (χ1) is 10.5. The van der Waals surface area contributed by atoms with Gasteiger partial charge < -0.3 is 15.4 Å². The predicted molar refractivity (Wildman–Crippen MR) is 80.5 cm³/mol. The molecule has 0 aliphatic carbocycles. The second kappa shape index (κ2) is 5.56. The predicted octanol–water partition coefficient (Wildman–Crippen LogP) is 0.288. The molecule has 1 aromatic rings. The van der Waals surface area contributed by atoms with E-state index in [4.69, 9.17) is 4.74 Å². The number of hydrogen-bond donors (Lipinski definition) is 3. The molecule has 9 nitrogen and oxygen atoms in total. The van der Waals surface area contributed by atoms with Gasteiger partial charge in [0, 0.05) is 7.05 Å². The first kappa shape index (κ1) is 16.8. The molecule has 4 amide bonds. The number of carbonyl (C=O) groups excluding carboxylic acids is 3. The minimum absolute atomic E-state index is 0.154. The fraction of sp³-hybridized carbons (Fsp3) is 0.571. The van der Waals surface area contributed by atoms with Crippen LogP contribution in [0, 0.1) is 6.92 Å². The van der Waals surface area contributed by atoms with E-state index < -0.39 is 29.2 Å². The largest absolute Gasteiger partial charge is 0.444 e. The number of rotatable bonds is 3. The van der Waals surface area contributed by atoms with Gasteiger partial charge in [0.1, 0.15) is 5.60 Å². The summed E-state index contributed by atoms with van der Waals surface area (Å²) < 4.78 is 6.66. The Labute approximate surface area is 133 Å². The molecule has 1 aliphatic heterocycles. The van der Waals surface area contributed by atoms with Gasteiger partial charge in [-0.1, -0.05) is 0 Å². The number of ether oxygens (including phenoxy) is 1. The zero-order valence-corrected chi connectivity index (χ0v) is 13.8. The summed E-state index contributed by atoms with van der Waals surface area (Å²) in [4.78, 5) is 35.8. The molecule has 2 heterocycles. The molecule has 1 saturated heterocycles. The van der Waals surface area contributed by atoms with E-state index in [2.05, 4.69) is 21.0 Å². The minimum atomic E-state index is -1.43. The zero-order valence-electron chi connectivity index (χ0n) is 13.8. The van der Waals surface area contributed by atoms with Crippen LogP contribution in [-0.4, -0.2) is 40.0 Å². The number of imide groups is 1. The molecule has 1 fully saturated rings. The summed E-state index contributed by atoms with van der Waals surface area (Å²) in [7, 11) is 1.66. The molecule has 0 bridgehead atoms. The van der Waals surface area contributed by atoms with Crippen molar-refractivity contribution in [2.75, 3.05) is 6.54 Å². The van der Waals surface area contributed by atoms with Gasteiger partial charge in [-0.25, -0.2) is 9.59 Å². The van der Waals surface area contributed by atoms with E-state index in [0.29, 0.717) is 11.4 Å². The number of nitrogens with one attached hydrogen (secondary N) is 3. The van der Waals surface area contributed by atoms with E-state index in [-0.39, 0.29) is 6.54 Å². The van der Waals surface area contributed by atoms with Crippen molar-refractivity contribution in [3.8, 4) is 0 Å². The van der Waals surface area contributed by atoms with Gasteiger partial charge in [-0.15, -0.1) is 0 Å². The Morgan fingerprint density at radius 3 is 2.52 bits per heavy atom. The minimum Gasteiger partial charge on any atom is -0.444 e. The molecule has 1 aliphatic rings. The van der Waals surface area contributed by atoms with E-state index in [1.165, 1.54) is 4.68 Å². The monoisotopic (exact) mass is 323 g/mol. The lowest BCUT2D eigenvalue weighted by atomic mass is 9.94. The topological polar surface area (TPSA) is 114 Å². The summed E-state index contributed by atoms with van der Waals surface area (Å²) in [6, 6.07) is 1.06. The Morgan fingerprint density at radius 1 is 1.43 bits per heavy atom. The van der Waals surface area contributed by atoms with Crippen LogP contribution in [0.4, 0.5) is 9.59 Å². The van der Waals surface area contributed by atoms with E-state index in [9.17, 15) is 14.4 Å². The van der Waals surface area contributed by atoms with Gasteiger partial charge in [0.25, 0.3) is 5.91 Å². The maximum Gasteiger partial charge on any atom is 0.407 e. The van der Waals surface area contributed by atoms with Crippen molar-refractivity contribution in [3.63, 3.8) is 0 Å². The van der Waals surface area contributed by atoms with E-state index in [1.807, 2.05) is 0 Å². The number of urea groups is 1. The van der Waals surface area contributed by atoms with Crippen molar-refractivity contribution in [1.29, 1.82) is 0 Å². The number of aromatic nitrogens is 2. The van der Waals surface area contributed by atoms with Gasteiger partial charge in [0.2, 0.25) is 0 Å². The molecule has 126 valence electrons. The van der Waals surface area contributed by atoms with Crippen LogP contribution in [0.3, 0.4) is 0 Å². The first-order valence-corrected chi connectivity index (χ1v) is 7.15. The average molecular weight is 323 g/mol. The van der Waals surface area contributed by atoms with E-state index in [1.54, 1.807) is 40.8 Å². The summed E-state index contributed by atoms with van der Waals surface area (Å²) in [5.41, 5.74) is -0.937. The first-order valence-electron chi connectivity index (χ1n) is 7.15. The van der Waals surface area contributed by atoms with Gasteiger partial charge >= 0.3 is 12.1 Å². The normalized spacial score (nSPS) is 20.9. The summed E-state index contributed by atoms with van der Waals surface area (Å²) in [5.74, 6) is -0.554. The van der Waals surface area contributed by atoms with Crippen molar-refractivity contribution >= 4 is 18.0 Å². The number of amides is 4. The maximum absolute atomic E-state index is 12.3. The molecular weight excluding hydrogens is 302 g/mol. The highest BCUT2D eigenvalue weighted by Crippen LogP contribution is 2.25. The highest BCUT2D eigenvalue weighted by Gasteiger charge is 2.50. The summed E-state index contributed by atoms with van der Waals surface area (Å²) >= 11 is 0. The molecule has 9 heteroatoms. The van der Waals surface area contributed by atoms with Crippen LogP contribution in [0.15, 0.2) is 6.07 Å². The smallest absolute Gasteiger partial charge is 0.407 e. The number of aryl methyl sites for hydroxylation is 2. The molecule has 23 heavy (non-hydrogen) atoms. The lowest BCUT2D eigenvalue weighted by molar-refractivity contribution is -0.124. The molecule has 0 spiro atoms. The Bertz CT molecular complexity index is 661. The zero-order chi connectivity index (χ0) is 17.4. The second-order valence-corrected chi connectivity index (χ2v) is 6.46. The summed E-state index contributed by atoms with van der Waals surface area (Å²) in [6.07, 6.45) is -0.676. The third-order valence-electron chi connectivity index (χ3n) is 3.28. The van der Waals surface area contributed by atoms with Crippen molar-refractivity contribution in [3.05, 3.63) is 17.5 Å². The average Bonchev–Trinajstić information content (AvgIpc) is 2.85. The van der Waals surface area contributed by atoms with Crippen molar-refractivity contribution in [2.24, 2.45) is 7.05 Å². The molecule has 1 aromatic heterocycles. The quantitative estimate of drug-likeness (QED) is 0.692. The molecule has 3 N–H and O–H groups in total. The third-order valence-corrected chi connectivity index (χ3v) is 3.28. The fourth-order valence-electron chi connectivity index (χ4n) is 2.42. The Kier molecular flexibility index (Phi) is 4.06. The van der Waals surface area contributed by atoms with Gasteiger partial charge in [0.15, 0.2) is 5.54 Å². The van der Waals surface area contributed by atoms with Crippen LogP contribution in [0.2, 0.25) is 0 Å². The van der Waals surface area contributed by atoms with Gasteiger partial charge in [-0.2, -0.15) is 5.10 Å². The standard InChI is InChI=1S/C14H21N5O4/c1-8-6-9(19(5)18-8)14(10(20)16-11(21)17-14)7-15-12(22)23-13(2,3)4/h6H,7H2,1-5H3,(H,15,22)(H2,16,17,20,21)/t14-/m1/s1. The third kappa shape index (κ3) is 3.43. The van der Waals surface area contributed by atoms with Crippen LogP contribution < -0.4 is 16.0 Å². The summed E-state index contributed by atoms with van der Waals surface area (Å²) in [6.45, 7) is 6.82. The van der Waals surface area contributed by atoms with Gasteiger partial charge in [-0.05, 0) is 33.8 Å². The fourth-order valence-corrected chi connectivity index (χ4v) is 2.42. The van der Waals surface area contributed by atoms with Crippen LogP contribution in [0.1, 0.15) is 32.2 Å². The Balaban J connectivity index is 2.26. The Morgan fingerprint density at radius 2 is 2.09 bits per heavy atom. The van der Waals surface area contributed by atoms with Crippen LogP contribution in [0.5, 0.6) is 0 Å². The van der Waals surface area contributed by atoms with Crippen LogP contribution >= 0.6 is 0 Å². The van der Waals surface area contributed by atoms with Crippen molar-refractivity contribution in [1.82, 2.24) is 25.7 Å². The van der Waals surface area contributed by atoms with Crippen molar-refractivity contribution < 1.29 is 19.1 Å². The molecule has 1 atom stereocenters. The van der Waals surface area contributed by atoms with Crippen LogP contribution in [0.25, 0.3) is 0 Å². The van der Waals surface area contributed by atoms with Gasteiger partial charge in [-0.3, -0.25) is 14.8 Å². The maximum atomic E-state index is 12.3. The molecule has 0 saturated carbocycles. The van der Waals surface area contributed by atoms with Crippen molar-refractivity contribution in [2.45, 2.75) is 38.8 Å². The molecule has 0 unspecified atom stereocenters. The van der Waals surface area contributed by atoms with E-state index in [0.717, 1.165) is 0 Å². The highest BCUT2D eigenvalue weighted by atomic mass is 16.6. The second-order valence-electron chi connectivity index (χ2n) is 6.46. The Hall–Kier alpha value is -2.58. The number of carbonyl (C=O) groups is 3. The summed E-state index contributed by atoms with van der Waals surface area (Å²) in [5, 5.41) is 11.5. The number of nitrogens with zero attached hydrogens (tertiary/aromatic N) is 2. The molecule has 0 aromatic carbocycles. The highest BCUT2D eigenvalue weighted by molar-refractivity contribution is 6.07. The molecule has 2 rings (SSSR count). The lowest BCUT2D eigenvalue weighted by Crippen LogP contribution is -2.54. The van der Waals surface area contributed by atoms with E-state index >= 15 is 0 Å². The van der Waals surface area contributed by atoms with Gasteiger partial charge in [0.05, 0.1) is 17.9 Å². The number of alkyl carbamates (subject to hydrolysis) is 1. The number of hydrogen-bond acceptors (Lipinski definition) is 5.